The smallest absolute Gasteiger partial charge is 0.248 e. The maximum absolute atomic E-state index is 13.0. The molecule has 0 aliphatic rings. The Bertz CT molecular complexity index is 692. The van der Waals surface area contributed by atoms with Gasteiger partial charge in [0.15, 0.2) is 0 Å². The van der Waals surface area contributed by atoms with Gasteiger partial charge < -0.3 is 10.1 Å². The van der Waals surface area contributed by atoms with Crippen molar-refractivity contribution in [3.8, 4) is 5.88 Å². The first-order valence-electron chi connectivity index (χ1n) is 6.33. The molecular formula is C15H16FN3O2. The Morgan fingerprint density at radius 2 is 2.24 bits per heavy atom. The second-order valence-electron chi connectivity index (χ2n) is 4.47. The van der Waals surface area contributed by atoms with Gasteiger partial charge in [0.2, 0.25) is 11.8 Å². The summed E-state index contributed by atoms with van der Waals surface area (Å²) in [6, 6.07) is 5.99. The molecule has 0 aliphatic carbocycles. The van der Waals surface area contributed by atoms with E-state index in [4.69, 9.17) is 4.74 Å². The Morgan fingerprint density at radius 1 is 1.48 bits per heavy atom. The quantitative estimate of drug-likeness (QED) is 0.880. The molecular weight excluding hydrogens is 273 g/mol. The second-order valence-corrected chi connectivity index (χ2v) is 4.47. The van der Waals surface area contributed by atoms with Crippen molar-refractivity contribution in [1.29, 1.82) is 0 Å². The molecule has 2 rings (SSSR count). The fourth-order valence-corrected chi connectivity index (χ4v) is 1.96. The van der Waals surface area contributed by atoms with Crippen molar-refractivity contribution in [3.63, 3.8) is 0 Å². The predicted octanol–water partition coefficient (Wildman–Crippen LogP) is 2.53. The van der Waals surface area contributed by atoms with E-state index in [1.165, 1.54) is 31.4 Å². The number of amides is 1. The standard InChI is InChI=1S/C15H16FN3O2/c1-10-14(15(21-3)19(2)18-10)17-13(20)8-7-11-5-4-6-12(16)9-11/h4-9H,1-3H3,(H,17,20). The molecule has 0 aliphatic heterocycles. The first-order chi connectivity index (χ1) is 10.0. The molecule has 1 amide bonds. The average Bonchev–Trinajstić information content (AvgIpc) is 2.70. The number of methoxy groups -OCH3 is 1. The lowest BCUT2D eigenvalue weighted by atomic mass is 10.2. The minimum Gasteiger partial charge on any atom is -0.480 e. The number of aryl methyl sites for hydroxylation is 2. The average molecular weight is 289 g/mol. The van der Waals surface area contributed by atoms with E-state index in [1.807, 2.05) is 0 Å². The van der Waals surface area contributed by atoms with Crippen molar-refractivity contribution in [2.75, 3.05) is 12.4 Å². The van der Waals surface area contributed by atoms with Crippen molar-refractivity contribution >= 4 is 17.7 Å². The van der Waals surface area contributed by atoms with Gasteiger partial charge in [-0.15, -0.1) is 0 Å². The summed E-state index contributed by atoms with van der Waals surface area (Å²) >= 11 is 0. The molecule has 5 nitrogen and oxygen atoms in total. The molecule has 1 heterocycles. The van der Waals surface area contributed by atoms with E-state index in [0.717, 1.165) is 0 Å². The number of nitrogens with one attached hydrogen (secondary N) is 1. The highest BCUT2D eigenvalue weighted by atomic mass is 19.1. The molecule has 110 valence electrons. The SMILES string of the molecule is COc1c(NC(=O)C=Cc2cccc(F)c2)c(C)nn1C. The first kappa shape index (κ1) is 14.8. The van der Waals surface area contributed by atoms with Crippen LogP contribution < -0.4 is 10.1 Å². The van der Waals surface area contributed by atoms with Gasteiger partial charge in [0.05, 0.1) is 12.8 Å². The lowest BCUT2D eigenvalue weighted by Crippen LogP contribution is -2.09. The van der Waals surface area contributed by atoms with Crippen LogP contribution in [0.4, 0.5) is 10.1 Å². The number of carbonyl (C=O) groups excluding carboxylic acids is 1. The van der Waals surface area contributed by atoms with Gasteiger partial charge in [-0.05, 0) is 30.7 Å². The van der Waals surface area contributed by atoms with Crippen molar-refractivity contribution < 1.29 is 13.9 Å². The van der Waals surface area contributed by atoms with E-state index >= 15 is 0 Å². The predicted molar refractivity (Wildman–Crippen MR) is 78.6 cm³/mol. The molecule has 0 radical (unpaired) electrons. The summed E-state index contributed by atoms with van der Waals surface area (Å²) in [5.41, 5.74) is 1.79. The van der Waals surface area contributed by atoms with Crippen LogP contribution in [0.2, 0.25) is 0 Å². The summed E-state index contributed by atoms with van der Waals surface area (Å²) in [6.45, 7) is 1.77. The van der Waals surface area contributed by atoms with E-state index in [0.29, 0.717) is 22.8 Å². The largest absolute Gasteiger partial charge is 0.480 e. The molecule has 0 saturated heterocycles. The molecule has 1 aromatic heterocycles. The molecule has 6 heteroatoms. The monoisotopic (exact) mass is 289 g/mol. The maximum Gasteiger partial charge on any atom is 0.248 e. The molecule has 0 bridgehead atoms. The molecule has 1 aromatic carbocycles. The summed E-state index contributed by atoms with van der Waals surface area (Å²) in [5, 5.41) is 6.88. The number of hydrogen-bond acceptors (Lipinski definition) is 3. The summed E-state index contributed by atoms with van der Waals surface area (Å²) in [4.78, 5) is 11.9. The highest BCUT2D eigenvalue weighted by Crippen LogP contribution is 2.26. The van der Waals surface area contributed by atoms with E-state index in [1.54, 1.807) is 30.8 Å². The van der Waals surface area contributed by atoms with Gasteiger partial charge in [-0.2, -0.15) is 5.10 Å². The normalized spacial score (nSPS) is 10.9. The lowest BCUT2D eigenvalue weighted by molar-refractivity contribution is -0.111. The lowest BCUT2D eigenvalue weighted by Gasteiger charge is -2.05. The molecule has 2 aromatic rings. The van der Waals surface area contributed by atoms with Gasteiger partial charge in [0, 0.05) is 13.1 Å². The number of halogens is 1. The van der Waals surface area contributed by atoms with E-state index in [9.17, 15) is 9.18 Å². The zero-order valence-electron chi connectivity index (χ0n) is 12.1. The van der Waals surface area contributed by atoms with E-state index in [2.05, 4.69) is 10.4 Å². The Hall–Kier alpha value is -2.63. The minimum atomic E-state index is -0.345. The van der Waals surface area contributed by atoms with Crippen LogP contribution in [0.25, 0.3) is 6.08 Å². The Labute approximate surface area is 122 Å². The van der Waals surface area contributed by atoms with Gasteiger partial charge in [-0.3, -0.25) is 4.79 Å². The summed E-state index contributed by atoms with van der Waals surface area (Å²) in [7, 11) is 3.23. The van der Waals surface area contributed by atoms with E-state index < -0.39 is 0 Å². The number of rotatable bonds is 4. The minimum absolute atomic E-state index is 0.339. The van der Waals surface area contributed by atoms with Crippen molar-refractivity contribution in [3.05, 3.63) is 47.4 Å². The summed E-state index contributed by atoms with van der Waals surface area (Å²) < 4.78 is 19.8. The third kappa shape index (κ3) is 3.47. The van der Waals surface area contributed by atoms with Crippen LogP contribution in [0.5, 0.6) is 5.88 Å². The number of ether oxygens (including phenoxy) is 1. The number of benzene rings is 1. The van der Waals surface area contributed by atoms with Gasteiger partial charge in [0.25, 0.3) is 0 Å². The zero-order chi connectivity index (χ0) is 15.4. The maximum atomic E-state index is 13.0. The molecule has 0 unspecified atom stereocenters. The topological polar surface area (TPSA) is 56.1 Å². The van der Waals surface area contributed by atoms with Crippen LogP contribution in [0.15, 0.2) is 30.3 Å². The third-order valence-electron chi connectivity index (χ3n) is 2.89. The van der Waals surface area contributed by atoms with Crippen molar-refractivity contribution in [2.45, 2.75) is 6.92 Å². The number of aromatic nitrogens is 2. The first-order valence-corrected chi connectivity index (χ1v) is 6.33. The molecule has 0 atom stereocenters. The molecule has 21 heavy (non-hydrogen) atoms. The Kier molecular flexibility index (Phi) is 4.37. The highest BCUT2D eigenvalue weighted by molar-refractivity contribution is 6.03. The number of anilines is 1. The van der Waals surface area contributed by atoms with Gasteiger partial charge >= 0.3 is 0 Å². The summed E-state index contributed by atoms with van der Waals surface area (Å²) in [6.07, 6.45) is 2.87. The van der Waals surface area contributed by atoms with Crippen LogP contribution >= 0.6 is 0 Å². The van der Waals surface area contributed by atoms with Gasteiger partial charge in [-0.1, -0.05) is 12.1 Å². The molecule has 0 saturated carbocycles. The third-order valence-corrected chi connectivity index (χ3v) is 2.89. The van der Waals surface area contributed by atoms with Crippen LogP contribution in [0.3, 0.4) is 0 Å². The van der Waals surface area contributed by atoms with Crippen LogP contribution in [0, 0.1) is 12.7 Å². The van der Waals surface area contributed by atoms with Crippen LogP contribution in [-0.4, -0.2) is 22.8 Å². The fraction of sp³-hybridized carbons (Fsp3) is 0.200. The van der Waals surface area contributed by atoms with Gasteiger partial charge in [0.1, 0.15) is 11.5 Å². The molecule has 0 fully saturated rings. The van der Waals surface area contributed by atoms with Crippen molar-refractivity contribution in [1.82, 2.24) is 9.78 Å². The van der Waals surface area contributed by atoms with Crippen LogP contribution in [0.1, 0.15) is 11.3 Å². The number of carbonyl (C=O) groups is 1. The fourth-order valence-electron chi connectivity index (χ4n) is 1.96. The van der Waals surface area contributed by atoms with Crippen molar-refractivity contribution in [2.24, 2.45) is 7.05 Å². The Morgan fingerprint density at radius 3 is 2.90 bits per heavy atom. The molecule has 1 N–H and O–H groups in total. The van der Waals surface area contributed by atoms with Gasteiger partial charge in [-0.25, -0.2) is 9.07 Å². The zero-order valence-corrected chi connectivity index (χ0v) is 12.1. The Balaban J connectivity index is 2.12. The van der Waals surface area contributed by atoms with Crippen LogP contribution in [-0.2, 0) is 11.8 Å². The number of hydrogen-bond donors (Lipinski definition) is 1. The summed E-state index contributed by atoms with van der Waals surface area (Å²) in [5.74, 6) is -0.212. The molecule has 0 spiro atoms. The van der Waals surface area contributed by atoms with E-state index in [-0.39, 0.29) is 11.7 Å². The highest BCUT2D eigenvalue weighted by Gasteiger charge is 2.15. The number of nitrogens with zero attached hydrogens (tertiary/aromatic N) is 2. The second kappa shape index (κ2) is 6.21.